The average molecular weight is 724 g/mol. The first-order valence-corrected chi connectivity index (χ1v) is 17.9. The number of hydrogen-bond acceptors (Lipinski definition) is 12. The van der Waals surface area contributed by atoms with Crippen molar-refractivity contribution in [2.45, 2.75) is 76.4 Å². The van der Waals surface area contributed by atoms with E-state index in [0.717, 1.165) is 5.56 Å². The molecule has 0 aromatic heterocycles. The minimum atomic E-state index is -1.21. The first kappa shape index (κ1) is 45.4. The van der Waals surface area contributed by atoms with Crippen LogP contribution in [0.25, 0.3) is 0 Å². The molecule has 0 saturated carbocycles. The summed E-state index contributed by atoms with van der Waals surface area (Å²) in [6, 6.07) is 9.36. The molecule has 0 spiro atoms. The third kappa shape index (κ3) is 25.0. The van der Waals surface area contributed by atoms with Gasteiger partial charge >= 0.3 is 5.97 Å². The Balaban J connectivity index is 2.85. The van der Waals surface area contributed by atoms with E-state index in [1.807, 2.05) is 30.3 Å². The Hall–Kier alpha value is -3.67. The van der Waals surface area contributed by atoms with Crippen molar-refractivity contribution in [2.75, 3.05) is 78.9 Å². The minimum absolute atomic E-state index is 0.0598. The van der Waals surface area contributed by atoms with Gasteiger partial charge in [-0.05, 0) is 57.3 Å². The van der Waals surface area contributed by atoms with E-state index in [1.54, 1.807) is 0 Å². The van der Waals surface area contributed by atoms with Gasteiger partial charge in [-0.1, -0.05) is 30.3 Å². The lowest BCUT2D eigenvalue weighted by Gasteiger charge is -2.34. The Morgan fingerprint density at radius 1 is 0.549 bits per heavy atom. The lowest BCUT2D eigenvalue weighted by molar-refractivity contribution is -0.145. The van der Waals surface area contributed by atoms with Crippen molar-refractivity contribution in [1.82, 2.24) is 21.3 Å². The van der Waals surface area contributed by atoms with E-state index in [2.05, 4.69) is 21.3 Å². The van der Waals surface area contributed by atoms with Gasteiger partial charge in [0.1, 0.15) is 12.1 Å². The van der Waals surface area contributed by atoms with Crippen LogP contribution in [-0.2, 0) is 49.5 Å². The molecule has 0 saturated heterocycles. The van der Waals surface area contributed by atoms with Gasteiger partial charge in [0.05, 0.1) is 39.6 Å². The van der Waals surface area contributed by atoms with E-state index in [1.165, 1.54) is 0 Å². The van der Waals surface area contributed by atoms with Gasteiger partial charge in [-0.15, -0.1) is 0 Å². The molecule has 0 aliphatic carbocycles. The summed E-state index contributed by atoms with van der Waals surface area (Å²) in [6.45, 7) is 2.89. The SMILES string of the molecule is NCCCNC(=O)CCOCC(COCCC(=O)NCCCN)(COCCC(=O)NCCCN)NC(=O)CCCCC(=O)OCc1ccccc1. The van der Waals surface area contributed by atoms with Gasteiger partial charge in [-0.2, -0.15) is 0 Å². The summed E-state index contributed by atoms with van der Waals surface area (Å²) in [4.78, 5) is 62.1. The zero-order valence-electron chi connectivity index (χ0n) is 30.1. The van der Waals surface area contributed by atoms with Crippen LogP contribution in [0.3, 0.4) is 0 Å². The second kappa shape index (κ2) is 30.0. The number of esters is 1. The average Bonchev–Trinajstić information content (AvgIpc) is 3.12. The van der Waals surface area contributed by atoms with Gasteiger partial charge in [-0.25, -0.2) is 0 Å². The van der Waals surface area contributed by atoms with Gasteiger partial charge in [0.25, 0.3) is 0 Å². The van der Waals surface area contributed by atoms with Crippen molar-refractivity contribution in [2.24, 2.45) is 17.2 Å². The molecule has 10 N–H and O–H groups in total. The van der Waals surface area contributed by atoms with Crippen molar-refractivity contribution in [3.05, 3.63) is 35.9 Å². The van der Waals surface area contributed by atoms with Crippen molar-refractivity contribution >= 4 is 29.6 Å². The van der Waals surface area contributed by atoms with Crippen LogP contribution in [0.1, 0.15) is 69.8 Å². The zero-order valence-corrected chi connectivity index (χ0v) is 30.1. The van der Waals surface area contributed by atoms with E-state index in [9.17, 15) is 24.0 Å². The molecule has 1 aromatic rings. The summed E-state index contributed by atoms with van der Waals surface area (Å²) in [7, 11) is 0. The van der Waals surface area contributed by atoms with Gasteiger partial charge in [-0.3, -0.25) is 24.0 Å². The second-order valence-electron chi connectivity index (χ2n) is 12.1. The lowest BCUT2D eigenvalue weighted by atomic mass is 10.0. The molecule has 51 heavy (non-hydrogen) atoms. The van der Waals surface area contributed by atoms with Crippen LogP contribution in [-0.4, -0.2) is 114 Å². The summed E-state index contributed by atoms with van der Waals surface area (Å²) < 4.78 is 23.0. The quantitative estimate of drug-likeness (QED) is 0.0376. The van der Waals surface area contributed by atoms with Gasteiger partial charge in [0.2, 0.25) is 23.6 Å². The molecule has 0 aliphatic rings. The number of hydrogen-bond donors (Lipinski definition) is 7. The monoisotopic (exact) mass is 723 g/mol. The Kier molecular flexibility index (Phi) is 26.7. The van der Waals surface area contributed by atoms with Crippen molar-refractivity contribution in [3.63, 3.8) is 0 Å². The number of amides is 4. The number of unbranched alkanes of at least 4 members (excludes halogenated alkanes) is 1. The predicted molar refractivity (Wildman–Crippen MR) is 192 cm³/mol. The van der Waals surface area contributed by atoms with Crippen LogP contribution in [0, 0.1) is 0 Å². The van der Waals surface area contributed by atoms with E-state index in [0.29, 0.717) is 71.4 Å². The zero-order chi connectivity index (χ0) is 37.4. The summed E-state index contributed by atoms with van der Waals surface area (Å²) in [5.41, 5.74) is 16.1. The highest BCUT2D eigenvalue weighted by atomic mass is 16.5. The standard InChI is InChI=1S/C35H61N7O9/c36-16-6-19-39-30(43)13-22-48-26-35(27-49-23-14-31(44)40-20-7-17-37,28-50-24-15-32(45)41-21-8-18-38)42-33(46)11-4-5-12-34(47)51-25-29-9-2-1-3-10-29/h1-3,9-10H,4-8,11-28,36-38H2,(H,39,43)(H,40,44)(H,41,45)(H,42,46). The van der Waals surface area contributed by atoms with Crippen LogP contribution >= 0.6 is 0 Å². The van der Waals surface area contributed by atoms with E-state index in [4.69, 9.17) is 36.1 Å². The molecule has 1 rings (SSSR count). The summed E-state index contributed by atoms with van der Waals surface area (Å²) in [5.74, 6) is -1.28. The molecule has 4 amide bonds. The molecule has 0 atom stereocenters. The largest absolute Gasteiger partial charge is 0.461 e. The molecular weight excluding hydrogens is 662 g/mol. The number of carbonyl (C=O) groups is 5. The second-order valence-corrected chi connectivity index (χ2v) is 12.1. The summed E-state index contributed by atoms with van der Waals surface area (Å²) in [5, 5.41) is 11.3. The first-order valence-electron chi connectivity index (χ1n) is 17.9. The predicted octanol–water partition coefficient (Wildman–Crippen LogP) is -0.240. The van der Waals surface area contributed by atoms with E-state index in [-0.39, 0.29) is 108 Å². The molecule has 0 unspecified atom stereocenters. The van der Waals surface area contributed by atoms with Gasteiger partial charge in [0, 0.05) is 51.7 Å². The maximum Gasteiger partial charge on any atom is 0.306 e. The Morgan fingerprint density at radius 2 is 0.980 bits per heavy atom. The molecule has 16 nitrogen and oxygen atoms in total. The molecule has 0 radical (unpaired) electrons. The fourth-order valence-electron chi connectivity index (χ4n) is 4.51. The van der Waals surface area contributed by atoms with Crippen LogP contribution < -0.4 is 38.5 Å². The highest BCUT2D eigenvalue weighted by Crippen LogP contribution is 2.13. The van der Waals surface area contributed by atoms with Crippen LogP contribution in [0.4, 0.5) is 0 Å². The molecule has 16 heteroatoms. The highest BCUT2D eigenvalue weighted by Gasteiger charge is 2.34. The number of nitrogens with two attached hydrogens (primary N) is 3. The number of ether oxygens (including phenoxy) is 4. The van der Waals surface area contributed by atoms with Crippen LogP contribution in [0.15, 0.2) is 30.3 Å². The Labute approximate surface area is 301 Å². The number of carbonyl (C=O) groups excluding carboxylic acids is 5. The van der Waals surface area contributed by atoms with Crippen LogP contribution in [0.2, 0.25) is 0 Å². The fourth-order valence-corrected chi connectivity index (χ4v) is 4.51. The molecule has 0 heterocycles. The molecule has 290 valence electrons. The van der Waals surface area contributed by atoms with Crippen molar-refractivity contribution < 1.29 is 42.9 Å². The van der Waals surface area contributed by atoms with Crippen molar-refractivity contribution in [1.29, 1.82) is 0 Å². The molecule has 1 aromatic carbocycles. The molecular formula is C35H61N7O9. The van der Waals surface area contributed by atoms with Crippen molar-refractivity contribution in [3.8, 4) is 0 Å². The number of benzene rings is 1. The molecule has 0 aliphatic heterocycles. The summed E-state index contributed by atoms with van der Waals surface area (Å²) in [6.07, 6.45) is 3.34. The number of nitrogens with one attached hydrogen (secondary N) is 4. The number of rotatable bonds is 32. The topological polar surface area (TPSA) is 248 Å². The van der Waals surface area contributed by atoms with Crippen LogP contribution in [0.5, 0.6) is 0 Å². The third-order valence-corrected chi connectivity index (χ3v) is 7.35. The highest BCUT2D eigenvalue weighted by molar-refractivity contribution is 5.77. The fraction of sp³-hybridized carbons (Fsp3) is 0.686. The third-order valence-electron chi connectivity index (χ3n) is 7.35. The minimum Gasteiger partial charge on any atom is -0.461 e. The van der Waals surface area contributed by atoms with Gasteiger partial charge < -0.3 is 57.4 Å². The Morgan fingerprint density at radius 3 is 1.41 bits per heavy atom. The Bertz CT molecular complexity index is 1040. The first-order chi connectivity index (χ1) is 24.7. The smallest absolute Gasteiger partial charge is 0.306 e. The maximum absolute atomic E-state index is 13.3. The normalized spacial score (nSPS) is 11.1. The summed E-state index contributed by atoms with van der Waals surface area (Å²) >= 11 is 0. The van der Waals surface area contributed by atoms with E-state index >= 15 is 0 Å². The maximum atomic E-state index is 13.3. The lowest BCUT2D eigenvalue weighted by Crippen LogP contribution is -2.58. The molecule has 0 bridgehead atoms. The molecule has 0 fully saturated rings. The van der Waals surface area contributed by atoms with E-state index < -0.39 is 5.54 Å². The van der Waals surface area contributed by atoms with Gasteiger partial charge in [0.15, 0.2) is 0 Å².